The van der Waals surface area contributed by atoms with Crippen molar-refractivity contribution in [2.45, 2.75) is 18.9 Å². The normalized spacial score (nSPS) is 12.1. The van der Waals surface area contributed by atoms with Gasteiger partial charge in [-0.3, -0.25) is 4.79 Å². The molecule has 2 rings (SSSR count). The molecule has 2 aromatic rings. The van der Waals surface area contributed by atoms with E-state index in [0.717, 1.165) is 5.75 Å². The van der Waals surface area contributed by atoms with Gasteiger partial charge < -0.3 is 15.0 Å². The van der Waals surface area contributed by atoms with E-state index in [-0.39, 0.29) is 11.9 Å². The largest absolute Gasteiger partial charge is 0.494 e. The summed E-state index contributed by atoms with van der Waals surface area (Å²) >= 11 is 1.68. The van der Waals surface area contributed by atoms with Gasteiger partial charge in [-0.25, -0.2) is 0 Å². The second-order valence-corrected chi connectivity index (χ2v) is 6.39. The Balaban J connectivity index is 1.66. The number of ether oxygens (including phenoxy) is 1. The van der Waals surface area contributed by atoms with E-state index >= 15 is 0 Å². The van der Waals surface area contributed by atoms with Gasteiger partial charge in [0.25, 0.3) is 0 Å². The molecule has 1 amide bonds. The monoisotopic (exact) mass is 332 g/mol. The fraction of sp³-hybridized carbons (Fsp3) is 0.389. The zero-order valence-corrected chi connectivity index (χ0v) is 14.5. The van der Waals surface area contributed by atoms with E-state index in [1.807, 2.05) is 44.4 Å². The van der Waals surface area contributed by atoms with Gasteiger partial charge >= 0.3 is 0 Å². The summed E-state index contributed by atoms with van der Waals surface area (Å²) in [5.41, 5.74) is 1.24. The Morgan fingerprint density at radius 1 is 1.26 bits per heavy atom. The number of likely N-dealkylation sites (N-methyl/N-ethyl adjacent to an activating group) is 1. The van der Waals surface area contributed by atoms with E-state index in [1.165, 1.54) is 5.56 Å². The standard InChI is InChI=1S/C18H24N2O2S/c1-20(2)17(15-10-12-23-14-15)13-19-18(21)9-6-11-22-16-7-4-3-5-8-16/h3-5,7-8,10,12,14,17H,6,9,11,13H2,1-2H3,(H,19,21). The summed E-state index contributed by atoms with van der Waals surface area (Å²) in [6, 6.07) is 12.0. The molecule has 0 saturated carbocycles. The van der Waals surface area contributed by atoms with E-state index < -0.39 is 0 Å². The molecule has 0 aliphatic rings. The maximum absolute atomic E-state index is 12.0. The lowest BCUT2D eigenvalue weighted by atomic mass is 10.1. The van der Waals surface area contributed by atoms with Crippen LogP contribution in [-0.2, 0) is 4.79 Å². The van der Waals surface area contributed by atoms with Gasteiger partial charge in [-0.15, -0.1) is 0 Å². The van der Waals surface area contributed by atoms with Crippen molar-refractivity contribution in [2.75, 3.05) is 27.2 Å². The van der Waals surface area contributed by atoms with Crippen LogP contribution in [0, 0.1) is 0 Å². The number of amides is 1. The molecule has 5 heteroatoms. The molecular weight excluding hydrogens is 308 g/mol. The summed E-state index contributed by atoms with van der Waals surface area (Å²) in [4.78, 5) is 14.1. The van der Waals surface area contributed by atoms with Gasteiger partial charge in [0.1, 0.15) is 5.75 Å². The number of nitrogens with one attached hydrogen (secondary N) is 1. The van der Waals surface area contributed by atoms with Crippen molar-refractivity contribution >= 4 is 17.2 Å². The topological polar surface area (TPSA) is 41.6 Å². The molecule has 0 aliphatic carbocycles. The maximum atomic E-state index is 12.0. The highest BCUT2D eigenvalue weighted by Crippen LogP contribution is 2.20. The van der Waals surface area contributed by atoms with Crippen molar-refractivity contribution in [1.29, 1.82) is 0 Å². The number of hydrogen-bond donors (Lipinski definition) is 1. The molecule has 0 fully saturated rings. The molecule has 0 radical (unpaired) electrons. The van der Waals surface area contributed by atoms with Crippen LogP contribution in [-0.4, -0.2) is 38.1 Å². The minimum absolute atomic E-state index is 0.0729. The Labute approximate surface area is 142 Å². The molecule has 0 spiro atoms. The lowest BCUT2D eigenvalue weighted by Crippen LogP contribution is -2.34. The zero-order valence-electron chi connectivity index (χ0n) is 13.7. The summed E-state index contributed by atoms with van der Waals surface area (Å²) in [5.74, 6) is 0.918. The molecule has 1 aromatic carbocycles. The summed E-state index contributed by atoms with van der Waals surface area (Å²) in [6.07, 6.45) is 1.20. The molecule has 124 valence electrons. The number of benzene rings is 1. The van der Waals surface area contributed by atoms with Crippen LogP contribution in [0.2, 0.25) is 0 Å². The Morgan fingerprint density at radius 2 is 2.04 bits per heavy atom. The predicted octanol–water partition coefficient (Wildman–Crippen LogP) is 3.33. The number of nitrogens with zero attached hydrogens (tertiary/aromatic N) is 1. The number of carbonyl (C=O) groups excluding carboxylic acids is 1. The second kappa shape index (κ2) is 9.33. The average Bonchev–Trinajstić information content (AvgIpc) is 3.06. The van der Waals surface area contributed by atoms with Crippen LogP contribution < -0.4 is 10.1 Å². The van der Waals surface area contributed by atoms with Crippen molar-refractivity contribution in [3.05, 3.63) is 52.7 Å². The summed E-state index contributed by atoms with van der Waals surface area (Å²) in [6.45, 7) is 1.18. The number of rotatable bonds is 9. The highest BCUT2D eigenvalue weighted by Gasteiger charge is 2.15. The summed E-state index contributed by atoms with van der Waals surface area (Å²) in [7, 11) is 4.06. The molecule has 4 nitrogen and oxygen atoms in total. The molecule has 23 heavy (non-hydrogen) atoms. The van der Waals surface area contributed by atoms with E-state index in [1.54, 1.807) is 11.3 Å². The number of para-hydroxylation sites is 1. The third kappa shape index (κ3) is 6.04. The van der Waals surface area contributed by atoms with Gasteiger partial charge in [-0.05, 0) is 55.0 Å². The molecule has 0 bridgehead atoms. The van der Waals surface area contributed by atoms with Crippen LogP contribution in [0.15, 0.2) is 47.2 Å². The Morgan fingerprint density at radius 3 is 2.70 bits per heavy atom. The van der Waals surface area contributed by atoms with Crippen molar-refractivity contribution in [3.63, 3.8) is 0 Å². The first-order chi connectivity index (χ1) is 11.2. The SMILES string of the molecule is CN(C)C(CNC(=O)CCCOc1ccccc1)c1ccsc1. The lowest BCUT2D eigenvalue weighted by molar-refractivity contribution is -0.121. The Bertz CT molecular complexity index is 570. The fourth-order valence-electron chi connectivity index (χ4n) is 2.30. The predicted molar refractivity (Wildman–Crippen MR) is 94.9 cm³/mol. The van der Waals surface area contributed by atoms with Gasteiger partial charge in [0.15, 0.2) is 0 Å². The van der Waals surface area contributed by atoms with Crippen molar-refractivity contribution in [1.82, 2.24) is 10.2 Å². The van der Waals surface area contributed by atoms with Crippen LogP contribution in [0.1, 0.15) is 24.4 Å². The third-order valence-corrected chi connectivity index (χ3v) is 4.31. The number of hydrogen-bond acceptors (Lipinski definition) is 4. The quantitative estimate of drug-likeness (QED) is 0.716. The van der Waals surface area contributed by atoms with Gasteiger partial charge in [0.2, 0.25) is 5.91 Å². The van der Waals surface area contributed by atoms with Gasteiger partial charge in [-0.2, -0.15) is 11.3 Å². The first kappa shape index (κ1) is 17.5. The van der Waals surface area contributed by atoms with E-state index in [0.29, 0.717) is 26.0 Å². The molecule has 1 N–H and O–H groups in total. The van der Waals surface area contributed by atoms with Crippen LogP contribution in [0.25, 0.3) is 0 Å². The van der Waals surface area contributed by atoms with E-state index in [4.69, 9.17) is 4.74 Å². The molecule has 1 aromatic heterocycles. The minimum Gasteiger partial charge on any atom is -0.494 e. The molecule has 0 saturated heterocycles. The highest BCUT2D eigenvalue weighted by molar-refractivity contribution is 7.07. The molecular formula is C18H24N2O2S. The van der Waals surface area contributed by atoms with Gasteiger partial charge in [-0.1, -0.05) is 18.2 Å². The molecule has 1 atom stereocenters. The average molecular weight is 332 g/mol. The van der Waals surface area contributed by atoms with Crippen LogP contribution >= 0.6 is 11.3 Å². The fourth-order valence-corrected chi connectivity index (χ4v) is 3.01. The van der Waals surface area contributed by atoms with Crippen molar-refractivity contribution in [2.24, 2.45) is 0 Å². The first-order valence-corrected chi connectivity index (χ1v) is 8.74. The number of carbonyl (C=O) groups is 1. The number of thiophene rings is 1. The third-order valence-electron chi connectivity index (χ3n) is 3.60. The van der Waals surface area contributed by atoms with Crippen LogP contribution in [0.3, 0.4) is 0 Å². The van der Waals surface area contributed by atoms with Crippen molar-refractivity contribution in [3.8, 4) is 5.75 Å². The van der Waals surface area contributed by atoms with Crippen molar-refractivity contribution < 1.29 is 9.53 Å². The first-order valence-electron chi connectivity index (χ1n) is 7.80. The smallest absolute Gasteiger partial charge is 0.220 e. The van der Waals surface area contributed by atoms with E-state index in [9.17, 15) is 4.79 Å². The van der Waals surface area contributed by atoms with Crippen LogP contribution in [0.4, 0.5) is 0 Å². The Kier molecular flexibility index (Phi) is 7.10. The summed E-state index contributed by atoms with van der Waals surface area (Å²) in [5, 5.41) is 7.21. The zero-order chi connectivity index (χ0) is 16.5. The summed E-state index contributed by atoms with van der Waals surface area (Å²) < 4.78 is 5.59. The van der Waals surface area contributed by atoms with Gasteiger partial charge in [0, 0.05) is 13.0 Å². The minimum atomic E-state index is 0.0729. The lowest BCUT2D eigenvalue weighted by Gasteiger charge is -2.24. The second-order valence-electron chi connectivity index (χ2n) is 5.61. The molecule has 1 unspecified atom stereocenters. The van der Waals surface area contributed by atoms with E-state index in [2.05, 4.69) is 27.0 Å². The molecule has 0 aliphatic heterocycles. The maximum Gasteiger partial charge on any atom is 0.220 e. The highest BCUT2D eigenvalue weighted by atomic mass is 32.1. The van der Waals surface area contributed by atoms with Gasteiger partial charge in [0.05, 0.1) is 12.6 Å². The van der Waals surface area contributed by atoms with Crippen LogP contribution in [0.5, 0.6) is 5.75 Å². The molecule has 1 heterocycles. The Hall–Kier alpha value is -1.85.